The molecule has 2 N–H and O–H groups in total. The van der Waals surface area contributed by atoms with Crippen molar-refractivity contribution >= 4 is 23.3 Å². The molecule has 0 spiro atoms. The van der Waals surface area contributed by atoms with Crippen LogP contribution in [0.25, 0.3) is 0 Å². The fraction of sp³-hybridized carbons (Fsp3) is 0.571. The van der Waals surface area contributed by atoms with Crippen LogP contribution in [-0.2, 0) is 0 Å². The SMILES string of the molecule is CCCNc1ncc(C(=O)NC(C)(C)CC)cc1Cl. The van der Waals surface area contributed by atoms with Crippen LogP contribution in [0.15, 0.2) is 12.3 Å². The van der Waals surface area contributed by atoms with Gasteiger partial charge in [0.15, 0.2) is 0 Å². The zero-order chi connectivity index (χ0) is 14.5. The quantitative estimate of drug-likeness (QED) is 0.840. The maximum Gasteiger partial charge on any atom is 0.253 e. The number of carbonyl (C=O) groups excluding carboxylic acids is 1. The van der Waals surface area contributed by atoms with Crippen LogP contribution in [0.2, 0.25) is 5.02 Å². The number of carbonyl (C=O) groups is 1. The fourth-order valence-electron chi connectivity index (χ4n) is 1.40. The highest BCUT2D eigenvalue weighted by Crippen LogP contribution is 2.20. The molecular formula is C14H22ClN3O. The molecule has 0 aromatic carbocycles. The lowest BCUT2D eigenvalue weighted by molar-refractivity contribution is 0.0911. The summed E-state index contributed by atoms with van der Waals surface area (Å²) in [5.74, 6) is 0.470. The lowest BCUT2D eigenvalue weighted by atomic mass is 10.0. The maximum atomic E-state index is 12.1. The van der Waals surface area contributed by atoms with Crippen molar-refractivity contribution in [1.82, 2.24) is 10.3 Å². The van der Waals surface area contributed by atoms with Crippen LogP contribution in [0.5, 0.6) is 0 Å². The second-order valence-corrected chi connectivity index (χ2v) is 5.58. The third kappa shape index (κ3) is 4.71. The lowest BCUT2D eigenvalue weighted by Crippen LogP contribution is -2.42. The van der Waals surface area contributed by atoms with Crippen molar-refractivity contribution in [2.75, 3.05) is 11.9 Å². The van der Waals surface area contributed by atoms with Crippen LogP contribution in [0.3, 0.4) is 0 Å². The summed E-state index contributed by atoms with van der Waals surface area (Å²) in [5.41, 5.74) is 0.247. The zero-order valence-electron chi connectivity index (χ0n) is 12.0. The number of nitrogens with one attached hydrogen (secondary N) is 2. The molecule has 0 aliphatic carbocycles. The molecule has 0 bridgehead atoms. The summed E-state index contributed by atoms with van der Waals surface area (Å²) in [6, 6.07) is 1.65. The van der Waals surface area contributed by atoms with E-state index < -0.39 is 0 Å². The number of nitrogens with zero attached hydrogens (tertiary/aromatic N) is 1. The minimum Gasteiger partial charge on any atom is -0.369 e. The van der Waals surface area contributed by atoms with Crippen molar-refractivity contribution < 1.29 is 4.79 Å². The van der Waals surface area contributed by atoms with Gasteiger partial charge in [0, 0.05) is 18.3 Å². The Bertz CT molecular complexity index is 446. The van der Waals surface area contributed by atoms with Gasteiger partial charge in [-0.15, -0.1) is 0 Å². The van der Waals surface area contributed by atoms with E-state index in [1.807, 2.05) is 20.8 Å². The molecule has 0 saturated carbocycles. The number of halogens is 1. The standard InChI is InChI=1S/C14H22ClN3O/c1-5-7-16-12-11(15)8-10(9-17-12)13(19)18-14(3,4)6-2/h8-9H,5-7H2,1-4H3,(H,16,17)(H,18,19). The minimum absolute atomic E-state index is 0.150. The Hall–Kier alpha value is -1.29. The normalized spacial score (nSPS) is 11.2. The largest absolute Gasteiger partial charge is 0.369 e. The minimum atomic E-state index is -0.233. The van der Waals surface area contributed by atoms with Gasteiger partial charge in [-0.1, -0.05) is 25.4 Å². The van der Waals surface area contributed by atoms with E-state index in [0.29, 0.717) is 16.4 Å². The van der Waals surface area contributed by atoms with Crippen molar-refractivity contribution in [3.05, 3.63) is 22.8 Å². The molecule has 0 radical (unpaired) electrons. The predicted molar refractivity (Wildman–Crippen MR) is 79.9 cm³/mol. The number of amides is 1. The summed E-state index contributed by atoms with van der Waals surface area (Å²) >= 11 is 6.11. The molecule has 1 amide bonds. The summed E-state index contributed by atoms with van der Waals surface area (Å²) in [6.07, 6.45) is 3.39. The maximum absolute atomic E-state index is 12.1. The average Bonchev–Trinajstić information content (AvgIpc) is 2.36. The zero-order valence-corrected chi connectivity index (χ0v) is 12.8. The summed E-state index contributed by atoms with van der Waals surface area (Å²) in [6.45, 7) is 8.87. The first-order chi connectivity index (χ1) is 8.89. The molecule has 1 heterocycles. The molecule has 1 rings (SSSR count). The highest BCUT2D eigenvalue weighted by atomic mass is 35.5. The van der Waals surface area contributed by atoms with Crippen LogP contribution >= 0.6 is 11.6 Å². The van der Waals surface area contributed by atoms with Gasteiger partial charge < -0.3 is 10.6 Å². The summed E-state index contributed by atoms with van der Waals surface area (Å²) in [5, 5.41) is 6.54. The van der Waals surface area contributed by atoms with Gasteiger partial charge in [0.05, 0.1) is 10.6 Å². The van der Waals surface area contributed by atoms with E-state index in [1.165, 1.54) is 0 Å². The highest BCUT2D eigenvalue weighted by molar-refractivity contribution is 6.33. The highest BCUT2D eigenvalue weighted by Gasteiger charge is 2.19. The van der Waals surface area contributed by atoms with Crippen molar-refractivity contribution in [2.45, 2.75) is 46.1 Å². The van der Waals surface area contributed by atoms with Gasteiger partial charge in [0.2, 0.25) is 0 Å². The third-order valence-electron chi connectivity index (χ3n) is 2.98. The summed E-state index contributed by atoms with van der Waals surface area (Å²) in [7, 11) is 0. The second kappa shape index (κ2) is 6.75. The molecule has 5 heteroatoms. The first-order valence-electron chi connectivity index (χ1n) is 6.61. The van der Waals surface area contributed by atoms with Crippen molar-refractivity contribution in [3.63, 3.8) is 0 Å². The van der Waals surface area contributed by atoms with Gasteiger partial charge in [0.1, 0.15) is 5.82 Å². The van der Waals surface area contributed by atoms with Gasteiger partial charge in [-0.05, 0) is 32.8 Å². The fourth-order valence-corrected chi connectivity index (χ4v) is 1.64. The molecule has 0 atom stereocenters. The van der Waals surface area contributed by atoms with Gasteiger partial charge >= 0.3 is 0 Å². The number of rotatable bonds is 6. The van der Waals surface area contributed by atoms with Crippen LogP contribution in [0.4, 0.5) is 5.82 Å². The van der Waals surface area contributed by atoms with E-state index in [9.17, 15) is 4.79 Å². The Kier molecular flexibility index (Phi) is 5.60. The number of aromatic nitrogens is 1. The first kappa shape index (κ1) is 15.8. The van der Waals surface area contributed by atoms with Crippen LogP contribution in [0.1, 0.15) is 50.9 Å². The van der Waals surface area contributed by atoms with Crippen LogP contribution in [0, 0.1) is 0 Å². The van der Waals surface area contributed by atoms with Crippen LogP contribution < -0.4 is 10.6 Å². The number of hydrogen-bond donors (Lipinski definition) is 2. The van der Waals surface area contributed by atoms with E-state index in [1.54, 1.807) is 12.3 Å². The Morgan fingerprint density at radius 3 is 2.63 bits per heavy atom. The lowest BCUT2D eigenvalue weighted by Gasteiger charge is -2.24. The molecule has 0 saturated heterocycles. The predicted octanol–water partition coefficient (Wildman–Crippen LogP) is 3.48. The molecule has 19 heavy (non-hydrogen) atoms. The van der Waals surface area contributed by atoms with Crippen molar-refractivity contribution in [3.8, 4) is 0 Å². The molecule has 106 valence electrons. The van der Waals surface area contributed by atoms with E-state index in [4.69, 9.17) is 11.6 Å². The molecule has 1 aromatic rings. The molecule has 4 nitrogen and oxygen atoms in total. The van der Waals surface area contributed by atoms with Gasteiger partial charge in [-0.3, -0.25) is 4.79 Å². The summed E-state index contributed by atoms with van der Waals surface area (Å²) < 4.78 is 0. The summed E-state index contributed by atoms with van der Waals surface area (Å²) in [4.78, 5) is 16.3. The molecule has 0 unspecified atom stereocenters. The Morgan fingerprint density at radius 2 is 2.11 bits per heavy atom. The van der Waals surface area contributed by atoms with Crippen molar-refractivity contribution in [2.24, 2.45) is 0 Å². The smallest absolute Gasteiger partial charge is 0.253 e. The van der Waals surface area contributed by atoms with Crippen molar-refractivity contribution in [1.29, 1.82) is 0 Å². The molecule has 0 aliphatic heterocycles. The van der Waals surface area contributed by atoms with E-state index in [-0.39, 0.29) is 11.4 Å². The number of anilines is 1. The second-order valence-electron chi connectivity index (χ2n) is 5.17. The monoisotopic (exact) mass is 283 g/mol. The van der Waals surface area contributed by atoms with E-state index >= 15 is 0 Å². The Labute approximate surface area is 120 Å². The topological polar surface area (TPSA) is 54.0 Å². The van der Waals surface area contributed by atoms with Gasteiger partial charge in [0.25, 0.3) is 5.91 Å². The number of hydrogen-bond acceptors (Lipinski definition) is 3. The Morgan fingerprint density at radius 1 is 1.42 bits per heavy atom. The van der Waals surface area contributed by atoms with E-state index in [0.717, 1.165) is 19.4 Å². The van der Waals surface area contributed by atoms with E-state index in [2.05, 4.69) is 22.5 Å². The molecule has 0 fully saturated rings. The molecule has 0 aliphatic rings. The van der Waals surface area contributed by atoms with Crippen LogP contribution in [-0.4, -0.2) is 23.0 Å². The average molecular weight is 284 g/mol. The van der Waals surface area contributed by atoms with Gasteiger partial charge in [-0.25, -0.2) is 4.98 Å². The molecular weight excluding hydrogens is 262 g/mol. The third-order valence-corrected chi connectivity index (χ3v) is 3.27. The van der Waals surface area contributed by atoms with Gasteiger partial charge in [-0.2, -0.15) is 0 Å². The number of pyridine rings is 1. The first-order valence-corrected chi connectivity index (χ1v) is 6.99. The molecule has 1 aromatic heterocycles. The Balaban J connectivity index is 2.80.